The Balaban J connectivity index is 2.52. The van der Waals surface area contributed by atoms with E-state index in [2.05, 4.69) is 4.98 Å². The van der Waals surface area contributed by atoms with Crippen molar-refractivity contribution in [3.05, 3.63) is 29.8 Å². The maximum absolute atomic E-state index is 13.5. The van der Waals surface area contributed by atoms with Gasteiger partial charge >= 0.3 is 5.97 Å². The van der Waals surface area contributed by atoms with Crippen molar-refractivity contribution in [1.82, 2.24) is 9.55 Å². The van der Waals surface area contributed by atoms with Crippen LogP contribution in [0.4, 0.5) is 4.39 Å². The minimum atomic E-state index is -0.884. The molecular formula is C12H13FN2O2. The Morgan fingerprint density at radius 3 is 2.88 bits per heavy atom. The Hall–Kier alpha value is -1.91. The molecule has 90 valence electrons. The number of hydrogen-bond donors (Lipinski definition) is 1. The molecule has 1 atom stereocenters. The molecule has 0 bridgehead atoms. The molecule has 0 spiro atoms. The van der Waals surface area contributed by atoms with Crippen LogP contribution >= 0.6 is 0 Å². The van der Waals surface area contributed by atoms with Crippen LogP contribution in [0.5, 0.6) is 0 Å². The highest BCUT2D eigenvalue weighted by molar-refractivity contribution is 5.77. The van der Waals surface area contributed by atoms with Crippen molar-refractivity contribution in [3.63, 3.8) is 0 Å². The number of nitrogens with zero attached hydrogens (tertiary/aromatic N) is 2. The van der Waals surface area contributed by atoms with E-state index in [0.29, 0.717) is 16.9 Å². The van der Waals surface area contributed by atoms with E-state index in [9.17, 15) is 9.18 Å². The Labute approximate surface area is 97.7 Å². The fourth-order valence-corrected chi connectivity index (χ4v) is 1.99. The zero-order chi connectivity index (χ0) is 12.6. The van der Waals surface area contributed by atoms with Crippen LogP contribution in [-0.4, -0.2) is 20.6 Å². The molecule has 2 rings (SSSR count). The van der Waals surface area contributed by atoms with Crippen LogP contribution in [0.2, 0.25) is 0 Å². The Bertz CT molecular complexity index is 577. The zero-order valence-electron chi connectivity index (χ0n) is 9.64. The number of aromatic nitrogens is 2. The number of rotatable bonds is 3. The average molecular weight is 236 g/mol. The first-order chi connectivity index (χ1) is 8.00. The van der Waals surface area contributed by atoms with Gasteiger partial charge in [-0.15, -0.1) is 0 Å². The maximum atomic E-state index is 13.5. The molecule has 0 radical (unpaired) electrons. The van der Waals surface area contributed by atoms with E-state index < -0.39 is 5.97 Å². The molecule has 0 saturated heterocycles. The summed E-state index contributed by atoms with van der Waals surface area (Å²) in [6, 6.07) is 4.73. The fraction of sp³-hybridized carbons (Fsp3) is 0.333. The number of carbonyl (C=O) groups is 1. The number of fused-ring (bicyclic) bond motifs is 1. The van der Waals surface area contributed by atoms with E-state index >= 15 is 0 Å². The van der Waals surface area contributed by atoms with E-state index in [1.807, 2.05) is 0 Å². The summed E-state index contributed by atoms with van der Waals surface area (Å²) < 4.78 is 15.3. The van der Waals surface area contributed by atoms with Crippen molar-refractivity contribution in [3.8, 4) is 0 Å². The maximum Gasteiger partial charge on any atom is 0.304 e. The van der Waals surface area contributed by atoms with Gasteiger partial charge < -0.3 is 9.67 Å². The third kappa shape index (κ3) is 2.00. The van der Waals surface area contributed by atoms with Gasteiger partial charge in [-0.3, -0.25) is 4.79 Å². The van der Waals surface area contributed by atoms with Crippen molar-refractivity contribution in [2.75, 3.05) is 0 Å². The smallest absolute Gasteiger partial charge is 0.304 e. The first kappa shape index (κ1) is 11.6. The van der Waals surface area contributed by atoms with Gasteiger partial charge in [-0.1, -0.05) is 13.0 Å². The summed E-state index contributed by atoms with van der Waals surface area (Å²) in [6.45, 7) is 1.77. The lowest BCUT2D eigenvalue weighted by molar-refractivity contribution is -0.137. The number of aryl methyl sites for hydroxylation is 1. The van der Waals surface area contributed by atoms with E-state index in [4.69, 9.17) is 5.11 Å². The summed E-state index contributed by atoms with van der Waals surface area (Å²) in [5.74, 6) is -0.922. The molecule has 0 aliphatic carbocycles. The van der Waals surface area contributed by atoms with Gasteiger partial charge in [-0.2, -0.15) is 0 Å². The molecule has 1 unspecified atom stereocenters. The van der Waals surface area contributed by atoms with Gasteiger partial charge in [0.1, 0.15) is 11.3 Å². The highest BCUT2D eigenvalue weighted by Gasteiger charge is 2.18. The monoisotopic (exact) mass is 236 g/mol. The summed E-state index contributed by atoms with van der Waals surface area (Å²) in [4.78, 5) is 14.9. The third-order valence-electron chi connectivity index (χ3n) is 2.82. The molecule has 0 fully saturated rings. The van der Waals surface area contributed by atoms with Crippen LogP contribution < -0.4 is 0 Å². The molecule has 17 heavy (non-hydrogen) atoms. The minimum Gasteiger partial charge on any atom is -0.481 e. The van der Waals surface area contributed by atoms with Crippen molar-refractivity contribution in [1.29, 1.82) is 0 Å². The lowest BCUT2D eigenvalue weighted by atomic mass is 10.1. The number of hydrogen-bond acceptors (Lipinski definition) is 2. The van der Waals surface area contributed by atoms with Gasteiger partial charge in [0.05, 0.1) is 11.9 Å². The SMILES string of the molecule is CC(CC(=O)O)c1nc2c(F)cccc2n1C. The van der Waals surface area contributed by atoms with Crippen LogP contribution in [0, 0.1) is 5.82 Å². The van der Waals surface area contributed by atoms with Gasteiger partial charge in [0, 0.05) is 13.0 Å². The van der Waals surface area contributed by atoms with Gasteiger partial charge in [-0.05, 0) is 12.1 Å². The number of benzene rings is 1. The molecule has 5 heteroatoms. The van der Waals surface area contributed by atoms with Crippen LogP contribution in [0.3, 0.4) is 0 Å². The molecule has 0 aliphatic rings. The second-order valence-corrected chi connectivity index (χ2v) is 4.14. The van der Waals surface area contributed by atoms with Crippen molar-refractivity contribution >= 4 is 17.0 Å². The van der Waals surface area contributed by atoms with Gasteiger partial charge in [0.25, 0.3) is 0 Å². The minimum absolute atomic E-state index is 0.0151. The second kappa shape index (κ2) is 4.16. The molecule has 1 heterocycles. The Kier molecular flexibility index (Phi) is 2.83. The molecule has 0 saturated carbocycles. The van der Waals surface area contributed by atoms with Gasteiger partial charge in [-0.25, -0.2) is 9.37 Å². The topological polar surface area (TPSA) is 55.1 Å². The molecule has 1 N–H and O–H groups in total. The van der Waals surface area contributed by atoms with Crippen molar-refractivity contribution in [2.45, 2.75) is 19.3 Å². The van der Waals surface area contributed by atoms with E-state index in [1.165, 1.54) is 6.07 Å². The number of halogens is 1. The normalized spacial score (nSPS) is 12.9. The number of imidazole rings is 1. The summed E-state index contributed by atoms with van der Waals surface area (Å²) in [6.07, 6.45) is -0.0151. The summed E-state index contributed by atoms with van der Waals surface area (Å²) >= 11 is 0. The average Bonchev–Trinajstić information content (AvgIpc) is 2.57. The van der Waals surface area contributed by atoms with Gasteiger partial charge in [0.2, 0.25) is 0 Å². The number of carboxylic acid groups (broad SMARTS) is 1. The Morgan fingerprint density at radius 2 is 2.29 bits per heavy atom. The lowest BCUT2D eigenvalue weighted by Gasteiger charge is -2.08. The Morgan fingerprint density at radius 1 is 1.59 bits per heavy atom. The first-order valence-corrected chi connectivity index (χ1v) is 5.33. The van der Waals surface area contributed by atoms with E-state index in [-0.39, 0.29) is 18.2 Å². The van der Waals surface area contributed by atoms with Gasteiger partial charge in [0.15, 0.2) is 5.82 Å². The van der Waals surface area contributed by atoms with Crippen LogP contribution in [0.15, 0.2) is 18.2 Å². The summed E-state index contributed by atoms with van der Waals surface area (Å²) in [5.41, 5.74) is 0.972. The molecular weight excluding hydrogens is 223 g/mol. The lowest BCUT2D eigenvalue weighted by Crippen LogP contribution is -2.08. The predicted octanol–water partition coefficient (Wildman–Crippen LogP) is 2.29. The van der Waals surface area contributed by atoms with E-state index in [0.717, 1.165) is 0 Å². The van der Waals surface area contributed by atoms with Crippen molar-refractivity contribution < 1.29 is 14.3 Å². The quantitative estimate of drug-likeness (QED) is 0.889. The van der Waals surface area contributed by atoms with E-state index in [1.54, 1.807) is 30.7 Å². The summed E-state index contributed by atoms with van der Waals surface area (Å²) in [5, 5.41) is 8.75. The number of para-hydroxylation sites is 1. The summed E-state index contributed by atoms with van der Waals surface area (Å²) in [7, 11) is 1.77. The molecule has 0 amide bonds. The predicted molar refractivity (Wildman–Crippen MR) is 61.3 cm³/mol. The van der Waals surface area contributed by atoms with Crippen LogP contribution in [0.1, 0.15) is 25.1 Å². The van der Waals surface area contributed by atoms with Crippen LogP contribution in [-0.2, 0) is 11.8 Å². The largest absolute Gasteiger partial charge is 0.481 e. The molecule has 4 nitrogen and oxygen atoms in total. The second-order valence-electron chi connectivity index (χ2n) is 4.14. The zero-order valence-corrected chi connectivity index (χ0v) is 9.64. The molecule has 1 aromatic heterocycles. The first-order valence-electron chi connectivity index (χ1n) is 5.33. The highest BCUT2D eigenvalue weighted by Crippen LogP contribution is 2.24. The molecule has 1 aromatic carbocycles. The number of aliphatic carboxylic acids is 1. The van der Waals surface area contributed by atoms with Crippen molar-refractivity contribution in [2.24, 2.45) is 7.05 Å². The fourth-order valence-electron chi connectivity index (χ4n) is 1.99. The molecule has 2 aromatic rings. The standard InChI is InChI=1S/C12H13FN2O2/c1-7(6-10(16)17)12-14-11-8(13)4-3-5-9(11)15(12)2/h3-5,7H,6H2,1-2H3,(H,16,17). The molecule has 0 aliphatic heterocycles. The number of carboxylic acids is 1. The van der Waals surface area contributed by atoms with Crippen LogP contribution in [0.25, 0.3) is 11.0 Å². The third-order valence-corrected chi connectivity index (χ3v) is 2.82. The highest BCUT2D eigenvalue weighted by atomic mass is 19.1.